The molecule has 1 saturated heterocycles. The number of rotatable bonds is 6. The molecule has 2 aromatic rings. The second-order valence-electron chi connectivity index (χ2n) is 7.37. The maximum absolute atomic E-state index is 12.8. The van der Waals surface area contributed by atoms with Crippen molar-refractivity contribution < 1.29 is 19.1 Å². The molecule has 2 aliphatic heterocycles. The van der Waals surface area contributed by atoms with Crippen molar-refractivity contribution in [3.8, 4) is 11.5 Å². The molecule has 3 heterocycles. The van der Waals surface area contributed by atoms with Crippen LogP contribution in [0.4, 0.5) is 11.5 Å². The van der Waals surface area contributed by atoms with Gasteiger partial charge in [-0.25, -0.2) is 4.98 Å². The highest BCUT2D eigenvalue weighted by atomic mass is 16.7. The van der Waals surface area contributed by atoms with Crippen LogP contribution in [0.3, 0.4) is 0 Å². The van der Waals surface area contributed by atoms with E-state index in [1.807, 2.05) is 11.0 Å². The first-order valence-electron chi connectivity index (χ1n) is 10.3. The van der Waals surface area contributed by atoms with Crippen LogP contribution in [0.25, 0.3) is 0 Å². The predicted molar refractivity (Wildman–Crippen MR) is 113 cm³/mol. The molecule has 0 atom stereocenters. The maximum atomic E-state index is 12.8. The van der Waals surface area contributed by atoms with Crippen LogP contribution in [0.5, 0.6) is 11.5 Å². The van der Waals surface area contributed by atoms with Crippen LogP contribution in [-0.4, -0.2) is 54.7 Å². The molecule has 2 amide bonds. The SMILES string of the molecule is CCCCC(=O)N1CCN(c2ncccc2NC(=O)c2ccc3c(c2)OCO3)CC1. The lowest BCUT2D eigenvalue weighted by molar-refractivity contribution is -0.131. The number of unbranched alkanes of at least 4 members (excludes halogenated alkanes) is 1. The second-order valence-corrected chi connectivity index (χ2v) is 7.37. The third-order valence-corrected chi connectivity index (χ3v) is 5.35. The van der Waals surface area contributed by atoms with Gasteiger partial charge in [-0.3, -0.25) is 9.59 Å². The van der Waals surface area contributed by atoms with Gasteiger partial charge in [0.1, 0.15) is 0 Å². The lowest BCUT2D eigenvalue weighted by atomic mass is 10.2. The van der Waals surface area contributed by atoms with Crippen molar-refractivity contribution in [1.29, 1.82) is 0 Å². The first-order valence-corrected chi connectivity index (χ1v) is 10.3. The molecule has 0 unspecified atom stereocenters. The summed E-state index contributed by atoms with van der Waals surface area (Å²) in [5, 5.41) is 2.96. The standard InChI is InChI=1S/C22H26N4O4/c1-2-3-6-20(27)25-10-12-26(13-11-25)21-17(5-4-9-23-21)24-22(28)16-7-8-18-19(14-16)30-15-29-18/h4-5,7-9,14H,2-3,6,10-13,15H2,1H3,(H,24,28). The molecule has 0 radical (unpaired) electrons. The van der Waals surface area contributed by atoms with Crippen LogP contribution < -0.4 is 19.7 Å². The van der Waals surface area contributed by atoms with E-state index in [0.29, 0.717) is 61.2 Å². The summed E-state index contributed by atoms with van der Waals surface area (Å²) in [6.07, 6.45) is 4.27. The van der Waals surface area contributed by atoms with E-state index in [0.717, 1.165) is 12.8 Å². The Kier molecular flexibility index (Phi) is 6.02. The van der Waals surface area contributed by atoms with Gasteiger partial charge in [0.05, 0.1) is 5.69 Å². The van der Waals surface area contributed by atoms with Gasteiger partial charge in [-0.05, 0) is 36.8 Å². The minimum atomic E-state index is -0.240. The van der Waals surface area contributed by atoms with E-state index in [1.165, 1.54) is 0 Å². The molecule has 8 nitrogen and oxygen atoms in total. The molecule has 0 bridgehead atoms. The Bertz CT molecular complexity index is 925. The van der Waals surface area contributed by atoms with Crippen LogP contribution in [0.1, 0.15) is 36.5 Å². The Morgan fingerprint density at radius 3 is 2.70 bits per heavy atom. The van der Waals surface area contributed by atoms with Gasteiger partial charge in [-0.15, -0.1) is 0 Å². The van der Waals surface area contributed by atoms with Crippen LogP contribution in [0.15, 0.2) is 36.5 Å². The van der Waals surface area contributed by atoms with Crippen molar-refractivity contribution in [1.82, 2.24) is 9.88 Å². The summed E-state index contributed by atoms with van der Waals surface area (Å²) >= 11 is 0. The smallest absolute Gasteiger partial charge is 0.255 e. The highest BCUT2D eigenvalue weighted by Gasteiger charge is 2.24. The number of nitrogens with zero attached hydrogens (tertiary/aromatic N) is 3. The third-order valence-electron chi connectivity index (χ3n) is 5.35. The molecule has 4 rings (SSSR count). The molecule has 1 aromatic heterocycles. The summed E-state index contributed by atoms with van der Waals surface area (Å²) in [4.78, 5) is 33.6. The van der Waals surface area contributed by atoms with Crippen molar-refractivity contribution in [3.05, 3.63) is 42.1 Å². The van der Waals surface area contributed by atoms with E-state index in [1.54, 1.807) is 30.5 Å². The fourth-order valence-electron chi connectivity index (χ4n) is 3.63. The quantitative estimate of drug-likeness (QED) is 0.788. The van der Waals surface area contributed by atoms with Crippen LogP contribution in [-0.2, 0) is 4.79 Å². The molecule has 0 spiro atoms. The number of pyridine rings is 1. The van der Waals surface area contributed by atoms with Crippen LogP contribution >= 0.6 is 0 Å². The van der Waals surface area contributed by atoms with Gasteiger partial charge in [0, 0.05) is 44.4 Å². The van der Waals surface area contributed by atoms with Crippen molar-refractivity contribution in [2.75, 3.05) is 43.2 Å². The first-order chi connectivity index (χ1) is 14.7. The summed E-state index contributed by atoms with van der Waals surface area (Å²) in [5.41, 5.74) is 1.13. The average molecular weight is 410 g/mol. The Balaban J connectivity index is 1.42. The molecule has 0 saturated carbocycles. The molecule has 1 aromatic carbocycles. The van der Waals surface area contributed by atoms with Crippen molar-refractivity contribution >= 4 is 23.3 Å². The van der Waals surface area contributed by atoms with Gasteiger partial charge in [-0.1, -0.05) is 13.3 Å². The molecular weight excluding hydrogens is 384 g/mol. The summed E-state index contributed by atoms with van der Waals surface area (Å²) in [5.74, 6) is 1.90. The fourth-order valence-corrected chi connectivity index (χ4v) is 3.63. The van der Waals surface area contributed by atoms with E-state index >= 15 is 0 Å². The largest absolute Gasteiger partial charge is 0.454 e. The number of carbonyl (C=O) groups is 2. The Morgan fingerprint density at radius 2 is 1.90 bits per heavy atom. The molecule has 30 heavy (non-hydrogen) atoms. The average Bonchev–Trinajstić information content (AvgIpc) is 3.26. The molecule has 0 aliphatic carbocycles. The number of ether oxygens (including phenoxy) is 2. The zero-order chi connectivity index (χ0) is 20.9. The monoisotopic (exact) mass is 410 g/mol. The second kappa shape index (κ2) is 9.02. The van der Waals surface area contributed by atoms with Gasteiger partial charge in [0.2, 0.25) is 12.7 Å². The van der Waals surface area contributed by atoms with E-state index in [-0.39, 0.29) is 18.6 Å². The highest BCUT2D eigenvalue weighted by Crippen LogP contribution is 2.33. The fraction of sp³-hybridized carbons (Fsp3) is 0.409. The van der Waals surface area contributed by atoms with Gasteiger partial charge >= 0.3 is 0 Å². The number of hydrogen-bond acceptors (Lipinski definition) is 6. The molecule has 2 aliphatic rings. The molecular formula is C22H26N4O4. The third kappa shape index (κ3) is 4.32. The summed E-state index contributed by atoms with van der Waals surface area (Å²) in [6.45, 7) is 4.94. The van der Waals surface area contributed by atoms with Crippen LogP contribution in [0, 0.1) is 0 Å². The lowest BCUT2D eigenvalue weighted by Crippen LogP contribution is -2.49. The van der Waals surface area contributed by atoms with E-state index < -0.39 is 0 Å². The van der Waals surface area contributed by atoms with Crippen LogP contribution in [0.2, 0.25) is 0 Å². The van der Waals surface area contributed by atoms with E-state index in [2.05, 4.69) is 22.1 Å². The number of anilines is 2. The normalized spacial score (nSPS) is 15.2. The minimum absolute atomic E-state index is 0.167. The summed E-state index contributed by atoms with van der Waals surface area (Å²) < 4.78 is 10.7. The predicted octanol–water partition coefficient (Wildman–Crippen LogP) is 2.90. The summed E-state index contributed by atoms with van der Waals surface area (Å²) in [7, 11) is 0. The Hall–Kier alpha value is -3.29. The zero-order valence-electron chi connectivity index (χ0n) is 17.1. The number of piperazine rings is 1. The van der Waals surface area contributed by atoms with Gasteiger partial charge in [-0.2, -0.15) is 0 Å². The van der Waals surface area contributed by atoms with Gasteiger partial charge in [0.15, 0.2) is 17.3 Å². The lowest BCUT2D eigenvalue weighted by Gasteiger charge is -2.36. The number of fused-ring (bicyclic) bond motifs is 1. The Morgan fingerprint density at radius 1 is 1.10 bits per heavy atom. The van der Waals surface area contributed by atoms with E-state index in [4.69, 9.17) is 9.47 Å². The molecule has 1 fully saturated rings. The maximum Gasteiger partial charge on any atom is 0.255 e. The first kappa shape index (κ1) is 20.0. The highest BCUT2D eigenvalue weighted by molar-refractivity contribution is 6.06. The van der Waals surface area contributed by atoms with Crippen molar-refractivity contribution in [2.45, 2.75) is 26.2 Å². The van der Waals surface area contributed by atoms with E-state index in [9.17, 15) is 9.59 Å². The molecule has 1 N–H and O–H groups in total. The zero-order valence-corrected chi connectivity index (χ0v) is 17.1. The number of carbonyl (C=O) groups excluding carboxylic acids is 2. The number of benzene rings is 1. The minimum Gasteiger partial charge on any atom is -0.454 e. The molecule has 8 heteroatoms. The van der Waals surface area contributed by atoms with Gasteiger partial charge < -0.3 is 24.6 Å². The van der Waals surface area contributed by atoms with Crippen molar-refractivity contribution in [2.24, 2.45) is 0 Å². The topological polar surface area (TPSA) is 84.0 Å². The summed E-state index contributed by atoms with van der Waals surface area (Å²) in [6, 6.07) is 8.75. The molecule has 158 valence electrons. The van der Waals surface area contributed by atoms with Crippen molar-refractivity contribution in [3.63, 3.8) is 0 Å². The number of hydrogen-bond donors (Lipinski definition) is 1. The number of amides is 2. The van der Waals surface area contributed by atoms with Gasteiger partial charge in [0.25, 0.3) is 5.91 Å². The Labute approximate surface area is 175 Å². The number of nitrogens with one attached hydrogen (secondary N) is 1. The number of aromatic nitrogens is 1.